The summed E-state index contributed by atoms with van der Waals surface area (Å²) in [5, 5.41) is 12.5. The maximum absolute atomic E-state index is 13.4. The van der Waals surface area contributed by atoms with Crippen LogP contribution in [0.3, 0.4) is 0 Å². The lowest BCUT2D eigenvalue weighted by atomic mass is 9.90. The molecule has 1 aliphatic heterocycles. The molecule has 1 saturated carbocycles. The number of hydrogen-bond donors (Lipinski definition) is 0. The van der Waals surface area contributed by atoms with Gasteiger partial charge >= 0.3 is 0 Å². The van der Waals surface area contributed by atoms with Crippen LogP contribution in [-0.4, -0.2) is 33.3 Å². The van der Waals surface area contributed by atoms with Gasteiger partial charge < -0.3 is 8.94 Å². The molecular formula is C21H23FN4O2. The van der Waals surface area contributed by atoms with Crippen molar-refractivity contribution in [2.24, 2.45) is 5.41 Å². The molecule has 0 radical (unpaired) electrons. The van der Waals surface area contributed by atoms with Gasteiger partial charge in [0.15, 0.2) is 0 Å². The average molecular weight is 382 g/mol. The van der Waals surface area contributed by atoms with E-state index in [4.69, 9.17) is 8.94 Å². The zero-order chi connectivity index (χ0) is 19.3. The Morgan fingerprint density at radius 1 is 1.21 bits per heavy atom. The number of nitrogens with zero attached hydrogens (tertiary/aromatic N) is 4. The summed E-state index contributed by atoms with van der Waals surface area (Å²) in [7, 11) is 0. The van der Waals surface area contributed by atoms with Crippen LogP contribution in [0.4, 0.5) is 4.39 Å². The fraction of sp³-hybridized carbons (Fsp3) is 0.476. The van der Waals surface area contributed by atoms with Gasteiger partial charge in [-0.25, -0.2) is 4.39 Å². The smallest absolute Gasteiger partial charge is 0.247 e. The topological polar surface area (TPSA) is 68.2 Å². The Morgan fingerprint density at radius 3 is 2.75 bits per heavy atom. The Morgan fingerprint density at radius 2 is 2.04 bits per heavy atom. The Hall–Kier alpha value is -2.54. The van der Waals surface area contributed by atoms with Crippen molar-refractivity contribution in [2.45, 2.75) is 45.6 Å². The van der Waals surface area contributed by atoms with Crippen LogP contribution in [-0.2, 0) is 6.54 Å². The summed E-state index contributed by atoms with van der Waals surface area (Å²) in [5.41, 5.74) is 3.10. The van der Waals surface area contributed by atoms with Gasteiger partial charge in [-0.3, -0.25) is 4.90 Å². The maximum atomic E-state index is 13.4. The molecule has 28 heavy (non-hydrogen) atoms. The van der Waals surface area contributed by atoms with E-state index in [-0.39, 0.29) is 11.2 Å². The average Bonchev–Trinajstić information content (AvgIpc) is 3.02. The van der Waals surface area contributed by atoms with E-state index in [0.717, 1.165) is 50.4 Å². The van der Waals surface area contributed by atoms with Gasteiger partial charge in [0.1, 0.15) is 11.6 Å². The van der Waals surface area contributed by atoms with Crippen molar-refractivity contribution in [3.05, 3.63) is 53.0 Å². The minimum atomic E-state index is -0.300. The van der Waals surface area contributed by atoms with Gasteiger partial charge in [0.25, 0.3) is 0 Å². The van der Waals surface area contributed by atoms with Gasteiger partial charge in [-0.05, 0) is 69.8 Å². The number of halogens is 1. The van der Waals surface area contributed by atoms with E-state index >= 15 is 0 Å². The van der Waals surface area contributed by atoms with Crippen LogP contribution in [0.2, 0.25) is 0 Å². The number of aryl methyl sites for hydroxylation is 2. The van der Waals surface area contributed by atoms with E-state index in [0.29, 0.717) is 23.3 Å². The van der Waals surface area contributed by atoms with Crippen LogP contribution < -0.4 is 0 Å². The first-order chi connectivity index (χ1) is 13.5. The van der Waals surface area contributed by atoms with Crippen molar-refractivity contribution in [2.75, 3.05) is 13.1 Å². The second-order valence-electron chi connectivity index (χ2n) is 8.15. The third kappa shape index (κ3) is 3.03. The highest BCUT2D eigenvalue weighted by molar-refractivity contribution is 5.52. The highest BCUT2D eigenvalue weighted by Gasteiger charge is 2.58. The molecule has 0 bridgehead atoms. The van der Waals surface area contributed by atoms with E-state index in [9.17, 15) is 4.39 Å². The predicted molar refractivity (Wildman–Crippen MR) is 100.0 cm³/mol. The summed E-state index contributed by atoms with van der Waals surface area (Å²) in [6.07, 6.45) is 3.34. The Labute approximate surface area is 162 Å². The number of likely N-dealkylation sites (tertiary alicyclic amines) is 1. The molecule has 1 aliphatic carbocycles. The molecule has 2 aromatic heterocycles. The highest BCUT2D eigenvalue weighted by Crippen LogP contribution is 2.64. The summed E-state index contributed by atoms with van der Waals surface area (Å²) in [6.45, 7) is 6.96. The van der Waals surface area contributed by atoms with Crippen molar-refractivity contribution in [3.63, 3.8) is 0 Å². The van der Waals surface area contributed by atoms with Gasteiger partial charge in [-0.2, -0.15) is 0 Å². The minimum Gasteiger partial charge on any atom is -0.420 e. The molecule has 3 heterocycles. The van der Waals surface area contributed by atoms with Crippen LogP contribution in [0.15, 0.2) is 33.2 Å². The van der Waals surface area contributed by atoms with Gasteiger partial charge in [-0.1, -0.05) is 11.2 Å². The Kier molecular flexibility index (Phi) is 4.08. The molecule has 1 aromatic carbocycles. The third-order valence-corrected chi connectivity index (χ3v) is 6.41. The summed E-state index contributed by atoms with van der Waals surface area (Å²) in [4.78, 5) is 2.47. The van der Waals surface area contributed by atoms with Gasteiger partial charge in [-0.15, -0.1) is 10.2 Å². The van der Waals surface area contributed by atoms with Crippen LogP contribution in [0.25, 0.3) is 11.5 Å². The molecule has 1 saturated heterocycles. The molecule has 2 aliphatic rings. The van der Waals surface area contributed by atoms with E-state index in [1.807, 2.05) is 13.8 Å². The number of rotatable bonds is 4. The first-order valence-corrected chi connectivity index (χ1v) is 9.77. The summed E-state index contributed by atoms with van der Waals surface area (Å²) >= 11 is 0. The summed E-state index contributed by atoms with van der Waals surface area (Å²) in [5.74, 6) is 2.03. The zero-order valence-electron chi connectivity index (χ0n) is 16.1. The molecule has 2 fully saturated rings. The second-order valence-corrected chi connectivity index (χ2v) is 8.15. The molecular weight excluding hydrogens is 359 g/mol. The Bertz CT molecular complexity index is 984. The molecule has 6 nitrogen and oxygen atoms in total. The monoisotopic (exact) mass is 382 g/mol. The minimum absolute atomic E-state index is 0.279. The van der Waals surface area contributed by atoms with Crippen LogP contribution >= 0.6 is 0 Å². The molecule has 1 spiro atoms. The third-order valence-electron chi connectivity index (χ3n) is 6.41. The SMILES string of the molecule is Cc1noc(C)c1CN1CCC2(CC1)CC2c1nnc(-c2cccc(F)c2)o1. The summed E-state index contributed by atoms with van der Waals surface area (Å²) < 4.78 is 24.6. The molecule has 7 heteroatoms. The fourth-order valence-corrected chi connectivity index (χ4v) is 4.47. The number of aromatic nitrogens is 3. The fourth-order valence-electron chi connectivity index (χ4n) is 4.47. The zero-order valence-corrected chi connectivity index (χ0v) is 16.1. The quantitative estimate of drug-likeness (QED) is 0.672. The van der Waals surface area contributed by atoms with Crippen LogP contribution in [0.1, 0.15) is 48.1 Å². The van der Waals surface area contributed by atoms with Crippen molar-refractivity contribution in [1.82, 2.24) is 20.3 Å². The number of hydrogen-bond acceptors (Lipinski definition) is 6. The second kappa shape index (κ2) is 6.51. The molecule has 5 rings (SSSR count). The van der Waals surface area contributed by atoms with Crippen LogP contribution in [0, 0.1) is 25.1 Å². The summed E-state index contributed by atoms with van der Waals surface area (Å²) in [6, 6.07) is 6.28. The lowest BCUT2D eigenvalue weighted by Gasteiger charge is -2.32. The lowest BCUT2D eigenvalue weighted by Crippen LogP contribution is -2.34. The lowest BCUT2D eigenvalue weighted by molar-refractivity contribution is 0.159. The number of piperidine rings is 1. The van der Waals surface area contributed by atoms with Crippen molar-refractivity contribution in [1.29, 1.82) is 0 Å². The van der Waals surface area contributed by atoms with Crippen molar-refractivity contribution >= 4 is 0 Å². The molecule has 0 amide bonds. The molecule has 3 aromatic rings. The molecule has 1 atom stereocenters. The molecule has 146 valence electrons. The number of benzene rings is 1. The Balaban J connectivity index is 1.23. The largest absolute Gasteiger partial charge is 0.420 e. The van der Waals surface area contributed by atoms with Crippen molar-refractivity contribution < 1.29 is 13.3 Å². The standard InChI is InChI=1S/C21H23FN4O2/c1-13-17(14(2)28-25-13)12-26-8-6-21(7-9-26)11-18(21)20-24-23-19(27-20)15-4-3-5-16(22)10-15/h3-5,10,18H,6-9,11-12H2,1-2H3. The first kappa shape index (κ1) is 17.6. The predicted octanol–water partition coefficient (Wildman–Crippen LogP) is 4.25. The van der Waals surface area contributed by atoms with E-state index in [2.05, 4.69) is 20.3 Å². The first-order valence-electron chi connectivity index (χ1n) is 9.77. The maximum Gasteiger partial charge on any atom is 0.247 e. The molecule has 0 N–H and O–H groups in total. The normalized spacial score (nSPS) is 21.3. The van der Waals surface area contributed by atoms with E-state index in [1.165, 1.54) is 17.7 Å². The van der Waals surface area contributed by atoms with Crippen molar-refractivity contribution in [3.8, 4) is 11.5 Å². The van der Waals surface area contributed by atoms with E-state index < -0.39 is 0 Å². The van der Waals surface area contributed by atoms with Gasteiger partial charge in [0.05, 0.1) is 5.69 Å². The van der Waals surface area contributed by atoms with Crippen LogP contribution in [0.5, 0.6) is 0 Å². The highest BCUT2D eigenvalue weighted by atomic mass is 19.1. The van der Waals surface area contributed by atoms with Gasteiger partial charge in [0, 0.05) is 23.6 Å². The van der Waals surface area contributed by atoms with Gasteiger partial charge in [0.2, 0.25) is 11.8 Å². The van der Waals surface area contributed by atoms with E-state index in [1.54, 1.807) is 12.1 Å². The molecule has 1 unspecified atom stereocenters.